The Kier molecular flexibility index (Phi) is 4.93. The van der Waals surface area contributed by atoms with Gasteiger partial charge in [-0.1, -0.05) is 6.07 Å². The van der Waals surface area contributed by atoms with Gasteiger partial charge in [0.2, 0.25) is 0 Å². The van der Waals surface area contributed by atoms with Crippen LogP contribution in [0.4, 0.5) is 10.1 Å². The van der Waals surface area contributed by atoms with E-state index >= 15 is 0 Å². The fraction of sp³-hybridized carbons (Fsp3) is 0.278. The van der Waals surface area contributed by atoms with Crippen molar-refractivity contribution in [1.82, 2.24) is 19.9 Å². The minimum Gasteiger partial charge on any atom is -0.319 e. The molecular formula is C18H19ClFN5O. The van der Waals surface area contributed by atoms with Crippen LogP contribution in [0.5, 0.6) is 0 Å². The summed E-state index contributed by atoms with van der Waals surface area (Å²) in [6.45, 7) is 5.05. The quantitative estimate of drug-likeness (QED) is 0.722. The van der Waals surface area contributed by atoms with Gasteiger partial charge in [0, 0.05) is 18.8 Å². The number of hydrogen-bond acceptors (Lipinski definition) is 4. The molecule has 1 aromatic carbocycles. The molecule has 0 atom stereocenters. The van der Waals surface area contributed by atoms with Crippen LogP contribution in [0.15, 0.2) is 24.4 Å². The highest BCUT2D eigenvalue weighted by molar-refractivity contribution is 6.05. The van der Waals surface area contributed by atoms with Crippen molar-refractivity contribution in [2.75, 3.05) is 11.9 Å². The number of aryl methyl sites for hydroxylation is 2. The smallest absolute Gasteiger partial charge is 0.259 e. The van der Waals surface area contributed by atoms with Crippen LogP contribution in [0.2, 0.25) is 0 Å². The van der Waals surface area contributed by atoms with E-state index in [1.807, 2.05) is 19.1 Å². The van der Waals surface area contributed by atoms with Gasteiger partial charge in [-0.05, 0) is 44.0 Å². The molecule has 0 spiro atoms. The van der Waals surface area contributed by atoms with Crippen LogP contribution in [0.1, 0.15) is 32.9 Å². The Balaban J connectivity index is 0.00000196. The lowest BCUT2D eigenvalue weighted by atomic mass is 9.99. The van der Waals surface area contributed by atoms with Gasteiger partial charge >= 0.3 is 0 Å². The molecule has 26 heavy (non-hydrogen) atoms. The van der Waals surface area contributed by atoms with Gasteiger partial charge in [-0.2, -0.15) is 5.10 Å². The molecule has 2 aromatic heterocycles. The van der Waals surface area contributed by atoms with E-state index in [0.29, 0.717) is 35.4 Å². The van der Waals surface area contributed by atoms with E-state index in [4.69, 9.17) is 0 Å². The number of carbonyl (C=O) groups excluding carboxylic acids is 1. The monoisotopic (exact) mass is 375 g/mol. The number of benzene rings is 1. The average Bonchev–Trinajstić information content (AvgIpc) is 2.99. The standard InChI is InChI=1S/C18H18FN5O.ClH/c1-10-7-16-21-9-14(11(2)24(16)23-10)18(25)22-15-4-3-12-8-20-6-5-13(12)17(15)19;/h3-4,7,9,20H,5-6,8H2,1-2H3,(H,22,25);1H. The summed E-state index contributed by atoms with van der Waals surface area (Å²) in [5.41, 5.74) is 4.34. The van der Waals surface area contributed by atoms with E-state index in [1.165, 1.54) is 6.20 Å². The third-order valence-electron chi connectivity index (χ3n) is 4.55. The van der Waals surface area contributed by atoms with E-state index in [9.17, 15) is 9.18 Å². The summed E-state index contributed by atoms with van der Waals surface area (Å²) in [7, 11) is 0. The molecule has 0 saturated carbocycles. The maximum Gasteiger partial charge on any atom is 0.259 e. The molecule has 0 aliphatic carbocycles. The fourth-order valence-corrected chi connectivity index (χ4v) is 3.21. The zero-order valence-electron chi connectivity index (χ0n) is 14.5. The van der Waals surface area contributed by atoms with E-state index in [0.717, 1.165) is 17.8 Å². The fourth-order valence-electron chi connectivity index (χ4n) is 3.21. The van der Waals surface area contributed by atoms with Gasteiger partial charge in [0.25, 0.3) is 5.91 Å². The third kappa shape index (κ3) is 3.04. The van der Waals surface area contributed by atoms with Crippen molar-refractivity contribution in [1.29, 1.82) is 0 Å². The SMILES string of the molecule is Cc1cc2ncc(C(=O)Nc3ccc4c(c3F)CCNC4)c(C)n2n1.Cl. The molecule has 0 unspecified atom stereocenters. The van der Waals surface area contributed by atoms with E-state index in [2.05, 4.69) is 20.7 Å². The highest BCUT2D eigenvalue weighted by Crippen LogP contribution is 2.25. The highest BCUT2D eigenvalue weighted by Gasteiger charge is 2.19. The third-order valence-corrected chi connectivity index (χ3v) is 4.55. The Morgan fingerprint density at radius 3 is 2.96 bits per heavy atom. The molecule has 2 N–H and O–H groups in total. The second-order valence-electron chi connectivity index (χ2n) is 6.26. The first kappa shape index (κ1) is 18.3. The molecule has 3 aromatic rings. The molecule has 6 nitrogen and oxygen atoms in total. The second kappa shape index (κ2) is 7.01. The molecule has 1 aliphatic rings. The lowest BCUT2D eigenvalue weighted by molar-refractivity contribution is 0.102. The first-order chi connectivity index (χ1) is 12.0. The predicted octanol–water partition coefficient (Wildman–Crippen LogP) is 2.81. The molecule has 1 aliphatic heterocycles. The first-order valence-electron chi connectivity index (χ1n) is 8.19. The summed E-state index contributed by atoms with van der Waals surface area (Å²) in [4.78, 5) is 16.9. The Hall–Kier alpha value is -2.51. The average molecular weight is 376 g/mol. The van der Waals surface area contributed by atoms with Crippen molar-refractivity contribution in [3.05, 3.63) is 58.3 Å². The number of anilines is 1. The van der Waals surface area contributed by atoms with Gasteiger partial charge in [-0.15, -0.1) is 12.4 Å². The van der Waals surface area contributed by atoms with Gasteiger partial charge < -0.3 is 10.6 Å². The van der Waals surface area contributed by atoms with Crippen LogP contribution >= 0.6 is 12.4 Å². The molecule has 0 saturated heterocycles. The number of nitrogens with one attached hydrogen (secondary N) is 2. The molecule has 0 bridgehead atoms. The maximum absolute atomic E-state index is 14.7. The summed E-state index contributed by atoms with van der Waals surface area (Å²) in [6.07, 6.45) is 2.12. The normalized spacial score (nSPS) is 13.2. The minimum atomic E-state index is -0.396. The number of aromatic nitrogens is 3. The van der Waals surface area contributed by atoms with E-state index < -0.39 is 5.91 Å². The largest absolute Gasteiger partial charge is 0.319 e. The number of halogens is 2. The van der Waals surface area contributed by atoms with Crippen LogP contribution in [0.25, 0.3) is 5.65 Å². The first-order valence-corrected chi connectivity index (χ1v) is 8.19. The molecule has 3 heterocycles. The summed E-state index contributed by atoms with van der Waals surface area (Å²) >= 11 is 0. The lowest BCUT2D eigenvalue weighted by Crippen LogP contribution is -2.25. The number of amides is 1. The predicted molar refractivity (Wildman–Crippen MR) is 99.5 cm³/mol. The second-order valence-corrected chi connectivity index (χ2v) is 6.26. The summed E-state index contributed by atoms with van der Waals surface area (Å²) in [6, 6.07) is 5.30. The van der Waals surface area contributed by atoms with Gasteiger partial charge in [0.1, 0.15) is 5.82 Å². The van der Waals surface area contributed by atoms with Gasteiger partial charge in [0.15, 0.2) is 5.65 Å². The summed E-state index contributed by atoms with van der Waals surface area (Å²) < 4.78 is 16.3. The summed E-state index contributed by atoms with van der Waals surface area (Å²) in [5, 5.41) is 10.2. The van der Waals surface area contributed by atoms with Crippen LogP contribution in [-0.2, 0) is 13.0 Å². The number of hydrogen-bond donors (Lipinski definition) is 2. The van der Waals surface area contributed by atoms with Crippen molar-refractivity contribution < 1.29 is 9.18 Å². The number of carbonyl (C=O) groups is 1. The highest BCUT2D eigenvalue weighted by atomic mass is 35.5. The molecular weight excluding hydrogens is 357 g/mol. The number of rotatable bonds is 2. The van der Waals surface area contributed by atoms with Gasteiger partial charge in [0.05, 0.1) is 22.6 Å². The van der Waals surface area contributed by atoms with Crippen molar-refractivity contribution in [2.45, 2.75) is 26.8 Å². The van der Waals surface area contributed by atoms with Crippen LogP contribution in [0.3, 0.4) is 0 Å². The number of fused-ring (bicyclic) bond motifs is 2. The zero-order chi connectivity index (χ0) is 17.6. The Labute approximate surface area is 156 Å². The van der Waals surface area contributed by atoms with E-state index in [1.54, 1.807) is 17.5 Å². The van der Waals surface area contributed by atoms with Crippen LogP contribution in [0, 0.1) is 19.7 Å². The molecule has 0 fully saturated rings. The number of nitrogens with zero attached hydrogens (tertiary/aromatic N) is 3. The van der Waals surface area contributed by atoms with Crippen molar-refractivity contribution in [3.8, 4) is 0 Å². The zero-order valence-corrected chi connectivity index (χ0v) is 15.3. The Bertz CT molecular complexity index is 1000. The Morgan fingerprint density at radius 2 is 2.15 bits per heavy atom. The minimum absolute atomic E-state index is 0. The topological polar surface area (TPSA) is 71.3 Å². The molecule has 4 rings (SSSR count). The summed E-state index contributed by atoms with van der Waals surface area (Å²) in [5.74, 6) is -0.748. The molecule has 8 heteroatoms. The van der Waals surface area contributed by atoms with Gasteiger partial charge in [-0.25, -0.2) is 13.9 Å². The molecule has 136 valence electrons. The molecule has 1 amide bonds. The Morgan fingerprint density at radius 1 is 1.35 bits per heavy atom. The maximum atomic E-state index is 14.7. The van der Waals surface area contributed by atoms with Crippen molar-refractivity contribution >= 4 is 29.6 Å². The van der Waals surface area contributed by atoms with Crippen LogP contribution < -0.4 is 10.6 Å². The lowest BCUT2D eigenvalue weighted by Gasteiger charge is -2.19. The van der Waals surface area contributed by atoms with E-state index in [-0.39, 0.29) is 23.9 Å². The molecule has 0 radical (unpaired) electrons. The van der Waals surface area contributed by atoms with Gasteiger partial charge in [-0.3, -0.25) is 4.79 Å². The van der Waals surface area contributed by atoms with Crippen molar-refractivity contribution in [3.63, 3.8) is 0 Å². The van der Waals surface area contributed by atoms with Crippen molar-refractivity contribution in [2.24, 2.45) is 0 Å². The van der Waals surface area contributed by atoms with Crippen LogP contribution in [-0.4, -0.2) is 27.0 Å².